The molecular weight excluding hydrogens is 475 g/mol. The molecule has 3 nitrogen and oxygen atoms in total. The van der Waals surface area contributed by atoms with E-state index < -0.39 is 0 Å². The highest BCUT2D eigenvalue weighted by Gasteiger charge is 2.39. The number of carbonyl (C=O) groups is 2. The quantitative estimate of drug-likeness (QED) is 0.233. The van der Waals surface area contributed by atoms with Crippen molar-refractivity contribution < 1.29 is 14.3 Å². The second-order valence-electron chi connectivity index (χ2n) is 7.57. The van der Waals surface area contributed by atoms with Gasteiger partial charge in [-0.2, -0.15) is 0 Å². The number of hydrogen-bond donors (Lipinski definition) is 0. The third-order valence-corrected chi connectivity index (χ3v) is 7.37. The summed E-state index contributed by atoms with van der Waals surface area (Å²) in [6.45, 7) is 4.15. The topological polar surface area (TPSA) is 43.4 Å². The van der Waals surface area contributed by atoms with Crippen molar-refractivity contribution in [2.24, 2.45) is 17.8 Å². The van der Waals surface area contributed by atoms with E-state index in [1.165, 1.54) is 24.0 Å². The predicted octanol–water partition coefficient (Wildman–Crippen LogP) is 7.57. The molecule has 0 amide bonds. The van der Waals surface area contributed by atoms with Gasteiger partial charge in [-0.1, -0.05) is 43.1 Å². The molecule has 1 saturated carbocycles. The smallest absolute Gasteiger partial charge is 0.348 e. The number of allylic oxidation sites excluding steroid dienone is 1. The summed E-state index contributed by atoms with van der Waals surface area (Å²) in [6.07, 6.45) is 7.72. The van der Waals surface area contributed by atoms with Gasteiger partial charge in [-0.25, -0.2) is 4.79 Å². The van der Waals surface area contributed by atoms with Crippen molar-refractivity contribution in [1.29, 1.82) is 0 Å². The summed E-state index contributed by atoms with van der Waals surface area (Å²) in [7, 11) is 1.37. The summed E-state index contributed by atoms with van der Waals surface area (Å²) in [6, 6.07) is 9.23. The van der Waals surface area contributed by atoms with Crippen LogP contribution in [0.5, 0.6) is 0 Å². The molecule has 2 aromatic rings. The minimum Gasteiger partial charge on any atom is -0.465 e. The number of thiophene rings is 1. The number of ether oxygens (including phenoxy) is 1. The molecule has 1 heterocycles. The van der Waals surface area contributed by atoms with E-state index in [-0.39, 0.29) is 23.2 Å². The fourth-order valence-corrected chi connectivity index (χ4v) is 5.68. The first-order valence-electron chi connectivity index (χ1n) is 10.2. The van der Waals surface area contributed by atoms with Gasteiger partial charge in [0.15, 0.2) is 0 Å². The van der Waals surface area contributed by atoms with E-state index >= 15 is 0 Å². The Labute approximate surface area is 203 Å². The van der Waals surface area contributed by atoms with Gasteiger partial charge in [0, 0.05) is 26.2 Å². The van der Waals surface area contributed by atoms with E-state index in [0.29, 0.717) is 20.8 Å². The first-order chi connectivity index (χ1) is 14.8. The molecule has 1 aliphatic carbocycles. The van der Waals surface area contributed by atoms with Gasteiger partial charge in [0.05, 0.1) is 7.11 Å². The number of carbonyl (C=O) groups excluding carboxylic acids is 2. The van der Waals surface area contributed by atoms with Crippen LogP contribution in [0.3, 0.4) is 0 Å². The molecule has 0 bridgehead atoms. The average molecular weight is 502 g/mol. The molecular formula is C24H27Cl3O3S. The Bertz CT molecular complexity index is 889. The van der Waals surface area contributed by atoms with Crippen LogP contribution in [0, 0.1) is 17.8 Å². The summed E-state index contributed by atoms with van der Waals surface area (Å²) >= 11 is 19.2. The van der Waals surface area contributed by atoms with Crippen molar-refractivity contribution in [2.45, 2.75) is 38.5 Å². The summed E-state index contributed by atoms with van der Waals surface area (Å²) in [5.74, 6) is 0.295. The molecule has 3 rings (SSSR count). The first-order valence-corrected chi connectivity index (χ1v) is 12.2. The normalized spacial score (nSPS) is 22.8. The lowest BCUT2D eigenvalue weighted by molar-refractivity contribution is -0.112. The maximum atomic E-state index is 11.4. The van der Waals surface area contributed by atoms with Crippen molar-refractivity contribution in [3.63, 3.8) is 0 Å². The predicted molar refractivity (Wildman–Crippen MR) is 132 cm³/mol. The van der Waals surface area contributed by atoms with Gasteiger partial charge in [-0.3, -0.25) is 0 Å². The molecule has 0 unspecified atom stereocenters. The minimum atomic E-state index is -0.314. The van der Waals surface area contributed by atoms with Crippen molar-refractivity contribution in [3.8, 4) is 0 Å². The van der Waals surface area contributed by atoms with E-state index in [1.807, 2.05) is 30.4 Å². The zero-order valence-electron chi connectivity index (χ0n) is 17.8. The summed E-state index contributed by atoms with van der Waals surface area (Å²) in [5, 5.41) is 1.49. The Morgan fingerprint density at radius 2 is 1.90 bits per heavy atom. The molecule has 0 spiro atoms. The van der Waals surface area contributed by atoms with Crippen LogP contribution in [0.2, 0.25) is 10.0 Å². The lowest BCUT2D eigenvalue weighted by Gasteiger charge is -2.16. The Morgan fingerprint density at radius 1 is 1.23 bits per heavy atom. The van der Waals surface area contributed by atoms with Gasteiger partial charge in [0.2, 0.25) is 0 Å². The van der Waals surface area contributed by atoms with Crippen LogP contribution in [0.25, 0.3) is 6.08 Å². The van der Waals surface area contributed by atoms with Crippen LogP contribution in [0.1, 0.15) is 46.8 Å². The van der Waals surface area contributed by atoms with Gasteiger partial charge >= 0.3 is 5.97 Å². The molecule has 4 atom stereocenters. The van der Waals surface area contributed by atoms with Gasteiger partial charge in [-0.05, 0) is 73.1 Å². The lowest BCUT2D eigenvalue weighted by Crippen LogP contribution is -2.17. The fourth-order valence-electron chi connectivity index (χ4n) is 3.70. The Hall–Kier alpha value is -1.33. The number of alkyl halides is 1. The summed E-state index contributed by atoms with van der Waals surface area (Å²) in [5.41, 5.74) is 1.18. The molecule has 168 valence electrons. The Morgan fingerprint density at radius 3 is 2.48 bits per heavy atom. The van der Waals surface area contributed by atoms with Crippen LogP contribution < -0.4 is 0 Å². The van der Waals surface area contributed by atoms with E-state index in [0.717, 1.165) is 30.4 Å². The highest BCUT2D eigenvalue weighted by atomic mass is 35.5. The lowest BCUT2D eigenvalue weighted by atomic mass is 9.89. The molecule has 7 heteroatoms. The van der Waals surface area contributed by atoms with Gasteiger partial charge in [0.1, 0.15) is 11.2 Å². The first kappa shape index (κ1) is 25.9. The second kappa shape index (κ2) is 12.6. The maximum Gasteiger partial charge on any atom is 0.348 e. The molecule has 0 radical (unpaired) electrons. The molecule has 1 aromatic carbocycles. The number of halogens is 3. The number of rotatable bonds is 6. The number of hydrogen-bond acceptors (Lipinski definition) is 4. The van der Waals surface area contributed by atoms with Crippen LogP contribution >= 0.6 is 46.1 Å². The van der Waals surface area contributed by atoms with Gasteiger partial charge in [0.25, 0.3) is 0 Å². The summed E-state index contributed by atoms with van der Waals surface area (Å²) < 4.78 is 4.68. The van der Waals surface area contributed by atoms with Crippen LogP contribution in [-0.4, -0.2) is 24.7 Å². The number of aryl methyl sites for hydroxylation is 1. The minimum absolute atomic E-state index is 0.0473. The van der Waals surface area contributed by atoms with Gasteiger partial charge in [-0.15, -0.1) is 22.9 Å². The van der Waals surface area contributed by atoms with E-state index in [9.17, 15) is 9.59 Å². The maximum absolute atomic E-state index is 11.4. The van der Waals surface area contributed by atoms with Crippen LogP contribution in [0.4, 0.5) is 0 Å². The van der Waals surface area contributed by atoms with E-state index in [4.69, 9.17) is 34.8 Å². The highest BCUT2D eigenvalue weighted by Crippen LogP contribution is 2.41. The zero-order valence-corrected chi connectivity index (χ0v) is 20.9. The molecule has 1 aromatic heterocycles. The molecule has 0 saturated heterocycles. The number of aldehydes is 1. The fraction of sp³-hybridized carbons (Fsp3) is 0.417. The number of esters is 1. The summed E-state index contributed by atoms with van der Waals surface area (Å²) in [4.78, 5) is 24.2. The largest absolute Gasteiger partial charge is 0.465 e. The SMILES string of the molecule is CCc1cc(Cl)cc(Cl)c1.COC(=O)c1ccc(C=CC[C@@H]2[C@@H](C=O)[C@H](C)C[C@H]2Cl)s1. The third-order valence-electron chi connectivity index (χ3n) is 5.40. The van der Waals surface area contributed by atoms with Crippen LogP contribution in [0.15, 0.2) is 36.4 Å². The van der Waals surface area contributed by atoms with Crippen molar-refractivity contribution in [1.82, 2.24) is 0 Å². The zero-order chi connectivity index (χ0) is 23.0. The van der Waals surface area contributed by atoms with Crippen molar-refractivity contribution in [2.75, 3.05) is 7.11 Å². The molecule has 31 heavy (non-hydrogen) atoms. The van der Waals surface area contributed by atoms with E-state index in [2.05, 4.69) is 18.6 Å². The molecule has 0 aliphatic heterocycles. The number of methoxy groups -OCH3 is 1. The molecule has 0 N–H and O–H groups in total. The monoisotopic (exact) mass is 500 g/mol. The molecule has 1 aliphatic rings. The Kier molecular flexibility index (Phi) is 10.6. The highest BCUT2D eigenvalue weighted by molar-refractivity contribution is 7.14. The average Bonchev–Trinajstić information content (AvgIpc) is 3.31. The molecule has 1 fully saturated rings. The number of benzene rings is 1. The second-order valence-corrected chi connectivity index (χ2v) is 10.1. The van der Waals surface area contributed by atoms with Crippen molar-refractivity contribution >= 4 is 64.5 Å². The Balaban J connectivity index is 0.000000285. The van der Waals surface area contributed by atoms with E-state index in [1.54, 1.807) is 12.1 Å². The van der Waals surface area contributed by atoms with Gasteiger partial charge < -0.3 is 9.53 Å². The third kappa shape index (κ3) is 7.64. The van der Waals surface area contributed by atoms with Crippen LogP contribution in [-0.2, 0) is 16.0 Å². The standard InChI is InChI=1S/C16H19ClO3S.C8H8Cl2/c1-10-8-14(17)12(13(10)9-18)5-3-4-11-6-7-15(21-11)16(19)20-2;1-2-6-3-7(9)5-8(10)4-6/h3-4,6-7,9-10,12-14H,5,8H2,1-2H3;3-5H,2H2,1H3/t10-,12-,13+,14-;/m1./s1. The van der Waals surface area contributed by atoms with Crippen molar-refractivity contribution in [3.05, 3.63) is 61.8 Å².